The lowest BCUT2D eigenvalue weighted by atomic mass is 10.2. The largest absolute Gasteiger partial charge is 0.434 e. The molecule has 1 amide bonds. The van der Waals surface area contributed by atoms with E-state index in [1.54, 1.807) is 0 Å². The standard InChI is InChI=1S/C18H13ClF3N3O3S/c1-29(27,28)14-7-3-5-12(9-14)24-17(26)15-10-23-25(16(15)18(20,21)22)13-6-2-4-11(19)8-13/h2-10H,1H3,(H,24,26). The third kappa shape index (κ3) is 4.60. The Balaban J connectivity index is 2.02. The zero-order valence-electron chi connectivity index (χ0n) is 14.7. The van der Waals surface area contributed by atoms with E-state index in [1.807, 2.05) is 0 Å². The van der Waals surface area contributed by atoms with Crippen LogP contribution in [0.5, 0.6) is 0 Å². The fraction of sp³-hybridized carbons (Fsp3) is 0.111. The van der Waals surface area contributed by atoms with Crippen LogP contribution in [-0.4, -0.2) is 30.4 Å². The van der Waals surface area contributed by atoms with Crippen LogP contribution >= 0.6 is 11.6 Å². The van der Waals surface area contributed by atoms with Crippen molar-refractivity contribution < 1.29 is 26.4 Å². The maximum Gasteiger partial charge on any atom is 0.434 e. The van der Waals surface area contributed by atoms with Gasteiger partial charge in [-0.25, -0.2) is 13.1 Å². The highest BCUT2D eigenvalue weighted by molar-refractivity contribution is 7.90. The van der Waals surface area contributed by atoms with Crippen molar-refractivity contribution in [2.24, 2.45) is 0 Å². The molecule has 2 aromatic carbocycles. The van der Waals surface area contributed by atoms with Crippen molar-refractivity contribution in [3.63, 3.8) is 0 Å². The van der Waals surface area contributed by atoms with Gasteiger partial charge in [0.05, 0.1) is 22.3 Å². The number of alkyl halides is 3. The van der Waals surface area contributed by atoms with Crippen molar-refractivity contribution in [2.75, 3.05) is 11.6 Å². The highest BCUT2D eigenvalue weighted by Crippen LogP contribution is 2.34. The fourth-order valence-corrected chi connectivity index (χ4v) is 3.45. The second-order valence-electron chi connectivity index (χ2n) is 6.05. The summed E-state index contributed by atoms with van der Waals surface area (Å²) in [4.78, 5) is 12.4. The number of anilines is 1. The normalized spacial score (nSPS) is 12.0. The third-order valence-corrected chi connectivity index (χ3v) is 5.20. The number of rotatable bonds is 4. The number of aromatic nitrogens is 2. The average Bonchev–Trinajstić information content (AvgIpc) is 3.07. The van der Waals surface area contributed by atoms with Crippen molar-refractivity contribution in [1.29, 1.82) is 0 Å². The number of carbonyl (C=O) groups is 1. The van der Waals surface area contributed by atoms with Crippen LogP contribution in [0.25, 0.3) is 5.69 Å². The molecule has 29 heavy (non-hydrogen) atoms. The number of sulfone groups is 1. The summed E-state index contributed by atoms with van der Waals surface area (Å²) in [6.45, 7) is 0. The van der Waals surface area contributed by atoms with Crippen molar-refractivity contribution >= 4 is 33.0 Å². The predicted octanol–water partition coefficient (Wildman–Crippen LogP) is 4.20. The van der Waals surface area contributed by atoms with E-state index >= 15 is 0 Å². The van der Waals surface area contributed by atoms with Gasteiger partial charge in [0.2, 0.25) is 0 Å². The van der Waals surface area contributed by atoms with E-state index in [-0.39, 0.29) is 21.3 Å². The number of carbonyl (C=O) groups excluding carboxylic acids is 1. The molecule has 152 valence electrons. The summed E-state index contributed by atoms with van der Waals surface area (Å²) in [5, 5.41) is 6.17. The van der Waals surface area contributed by atoms with Crippen LogP contribution in [0.15, 0.2) is 59.6 Å². The summed E-state index contributed by atoms with van der Waals surface area (Å²) in [6, 6.07) is 10.8. The highest BCUT2D eigenvalue weighted by Gasteiger charge is 2.40. The number of hydrogen-bond acceptors (Lipinski definition) is 4. The lowest BCUT2D eigenvalue weighted by Crippen LogP contribution is -2.20. The van der Waals surface area contributed by atoms with Gasteiger partial charge in [-0.05, 0) is 36.4 Å². The summed E-state index contributed by atoms with van der Waals surface area (Å²) < 4.78 is 64.9. The zero-order chi connectivity index (χ0) is 21.4. The molecule has 0 saturated carbocycles. The molecule has 11 heteroatoms. The summed E-state index contributed by atoms with van der Waals surface area (Å²) in [5.41, 5.74) is -1.94. The van der Waals surface area contributed by atoms with Gasteiger partial charge in [0, 0.05) is 17.0 Å². The Hall–Kier alpha value is -2.85. The molecule has 0 aliphatic heterocycles. The molecule has 1 heterocycles. The number of nitrogens with one attached hydrogen (secondary N) is 1. The van der Waals surface area contributed by atoms with E-state index in [2.05, 4.69) is 10.4 Å². The lowest BCUT2D eigenvalue weighted by molar-refractivity contribution is -0.143. The molecule has 0 unspecified atom stereocenters. The second kappa shape index (κ2) is 7.53. The Morgan fingerprint density at radius 1 is 1.14 bits per heavy atom. The van der Waals surface area contributed by atoms with Crippen LogP contribution in [0.3, 0.4) is 0 Å². The van der Waals surface area contributed by atoms with Crippen molar-refractivity contribution in [3.05, 3.63) is 71.0 Å². The molecule has 0 bridgehead atoms. The molecule has 0 radical (unpaired) electrons. The van der Waals surface area contributed by atoms with Gasteiger partial charge >= 0.3 is 6.18 Å². The molecule has 1 aromatic heterocycles. The SMILES string of the molecule is CS(=O)(=O)c1cccc(NC(=O)c2cnn(-c3cccc(Cl)c3)c2C(F)(F)F)c1. The molecule has 3 rings (SSSR count). The first-order valence-electron chi connectivity index (χ1n) is 7.99. The Kier molecular flexibility index (Phi) is 5.42. The number of amides is 1. The summed E-state index contributed by atoms with van der Waals surface area (Å²) in [7, 11) is -3.55. The first-order valence-corrected chi connectivity index (χ1v) is 10.3. The van der Waals surface area contributed by atoms with Gasteiger partial charge in [0.25, 0.3) is 5.91 Å². The molecule has 0 aliphatic rings. The molecule has 0 saturated heterocycles. The van der Waals surface area contributed by atoms with Crippen LogP contribution in [0.2, 0.25) is 5.02 Å². The number of halogens is 4. The smallest absolute Gasteiger partial charge is 0.322 e. The van der Waals surface area contributed by atoms with E-state index in [4.69, 9.17) is 11.6 Å². The Morgan fingerprint density at radius 3 is 2.45 bits per heavy atom. The molecule has 0 spiro atoms. The van der Waals surface area contributed by atoms with Crippen LogP contribution in [-0.2, 0) is 16.0 Å². The minimum absolute atomic E-state index is 0.0292. The van der Waals surface area contributed by atoms with Gasteiger partial charge in [-0.2, -0.15) is 18.3 Å². The van der Waals surface area contributed by atoms with Crippen LogP contribution < -0.4 is 5.32 Å². The van der Waals surface area contributed by atoms with E-state index in [0.29, 0.717) is 4.68 Å². The predicted molar refractivity (Wildman–Crippen MR) is 101 cm³/mol. The van der Waals surface area contributed by atoms with Gasteiger partial charge in [0.15, 0.2) is 15.5 Å². The van der Waals surface area contributed by atoms with Crippen LogP contribution in [0.1, 0.15) is 16.1 Å². The number of hydrogen-bond donors (Lipinski definition) is 1. The molecule has 0 fully saturated rings. The maximum absolute atomic E-state index is 13.7. The summed E-state index contributed by atoms with van der Waals surface area (Å²) in [6.07, 6.45) is -3.12. The molecule has 6 nitrogen and oxygen atoms in total. The monoisotopic (exact) mass is 443 g/mol. The van der Waals surface area contributed by atoms with Gasteiger partial charge in [-0.3, -0.25) is 4.79 Å². The average molecular weight is 444 g/mol. The minimum atomic E-state index is -4.89. The summed E-state index contributed by atoms with van der Waals surface area (Å²) in [5.74, 6) is -1.09. The third-order valence-electron chi connectivity index (χ3n) is 3.86. The molecule has 1 N–H and O–H groups in total. The van der Waals surface area contributed by atoms with Gasteiger partial charge in [-0.1, -0.05) is 23.7 Å². The Labute approximate surface area is 168 Å². The molecule has 3 aromatic rings. The lowest BCUT2D eigenvalue weighted by Gasteiger charge is -2.13. The maximum atomic E-state index is 13.7. The van der Waals surface area contributed by atoms with Crippen molar-refractivity contribution in [3.8, 4) is 5.69 Å². The minimum Gasteiger partial charge on any atom is -0.322 e. The highest BCUT2D eigenvalue weighted by atomic mass is 35.5. The van der Waals surface area contributed by atoms with E-state index in [0.717, 1.165) is 18.5 Å². The first kappa shape index (κ1) is 20.9. The molecule has 0 atom stereocenters. The zero-order valence-corrected chi connectivity index (χ0v) is 16.3. The number of benzene rings is 2. The van der Waals surface area contributed by atoms with E-state index in [9.17, 15) is 26.4 Å². The van der Waals surface area contributed by atoms with E-state index in [1.165, 1.54) is 42.5 Å². The molecule has 0 aliphatic carbocycles. The van der Waals surface area contributed by atoms with Crippen LogP contribution in [0, 0.1) is 0 Å². The molecular formula is C18H13ClF3N3O3S. The van der Waals surface area contributed by atoms with Crippen molar-refractivity contribution in [1.82, 2.24) is 9.78 Å². The quantitative estimate of drug-likeness (QED) is 0.655. The topological polar surface area (TPSA) is 81.1 Å². The number of nitrogens with zero attached hydrogens (tertiary/aromatic N) is 2. The second-order valence-corrected chi connectivity index (χ2v) is 8.50. The molecular weight excluding hydrogens is 431 g/mol. The van der Waals surface area contributed by atoms with Gasteiger partial charge in [0.1, 0.15) is 0 Å². The van der Waals surface area contributed by atoms with Crippen molar-refractivity contribution in [2.45, 2.75) is 11.1 Å². The van der Waals surface area contributed by atoms with E-state index < -0.39 is 33.2 Å². The van der Waals surface area contributed by atoms with Gasteiger partial charge in [-0.15, -0.1) is 0 Å². The first-order chi connectivity index (χ1) is 13.5. The van der Waals surface area contributed by atoms with Gasteiger partial charge < -0.3 is 5.32 Å². The Morgan fingerprint density at radius 2 is 1.83 bits per heavy atom. The Bertz CT molecular complexity index is 1190. The summed E-state index contributed by atoms with van der Waals surface area (Å²) >= 11 is 5.84. The van der Waals surface area contributed by atoms with Crippen LogP contribution in [0.4, 0.5) is 18.9 Å². The fourth-order valence-electron chi connectivity index (χ4n) is 2.59.